The highest BCUT2D eigenvalue weighted by Crippen LogP contribution is 2.38. The summed E-state index contributed by atoms with van der Waals surface area (Å²) in [5.41, 5.74) is 3.69. The number of methoxy groups -OCH3 is 1. The second kappa shape index (κ2) is 8.64. The minimum absolute atomic E-state index is 0.447. The molecule has 1 unspecified atom stereocenters. The number of rotatable bonds is 6. The van der Waals surface area contributed by atoms with Gasteiger partial charge >= 0.3 is 0 Å². The lowest BCUT2D eigenvalue weighted by atomic mass is 9.80. The Kier molecular flexibility index (Phi) is 5.54. The van der Waals surface area contributed by atoms with Crippen molar-refractivity contribution >= 4 is 0 Å². The lowest BCUT2D eigenvalue weighted by Crippen LogP contribution is -2.28. The standard InChI is InChI=1S/C28H27NO3/c1-31-26-14-8-9-21-17-20(15-16-25(21)26)18-24-19-27(32-29-24)28(30,22-10-4-2-5-11-22)23-12-6-3-7-13-23/h2-14,19-20,30H,15-18H2,1H3. The Balaban J connectivity index is 1.42. The molecule has 1 N–H and O–H groups in total. The van der Waals surface area contributed by atoms with E-state index in [0.29, 0.717) is 11.7 Å². The molecule has 0 amide bonds. The maximum atomic E-state index is 11.9. The van der Waals surface area contributed by atoms with Crippen molar-refractivity contribution in [2.45, 2.75) is 31.3 Å². The SMILES string of the molecule is COc1cccc2c1CCC(Cc1cc(C(O)(c3ccccc3)c3ccccc3)on1)C2. The molecule has 4 heteroatoms. The first-order valence-corrected chi connectivity index (χ1v) is 11.1. The van der Waals surface area contributed by atoms with Gasteiger partial charge in [-0.2, -0.15) is 0 Å². The van der Waals surface area contributed by atoms with Gasteiger partial charge in [-0.05, 0) is 59.9 Å². The van der Waals surface area contributed by atoms with E-state index in [9.17, 15) is 5.11 Å². The minimum atomic E-state index is -1.39. The maximum absolute atomic E-state index is 11.9. The van der Waals surface area contributed by atoms with E-state index >= 15 is 0 Å². The molecule has 0 spiro atoms. The number of hydrogen-bond acceptors (Lipinski definition) is 4. The summed E-state index contributed by atoms with van der Waals surface area (Å²) in [6.45, 7) is 0. The van der Waals surface area contributed by atoms with Crippen molar-refractivity contribution in [1.82, 2.24) is 5.16 Å². The smallest absolute Gasteiger partial charge is 0.177 e. The van der Waals surface area contributed by atoms with Crippen LogP contribution in [0.2, 0.25) is 0 Å². The van der Waals surface area contributed by atoms with Crippen LogP contribution >= 0.6 is 0 Å². The van der Waals surface area contributed by atoms with Crippen molar-refractivity contribution in [3.63, 3.8) is 0 Å². The number of aromatic nitrogens is 1. The topological polar surface area (TPSA) is 55.5 Å². The fourth-order valence-corrected chi connectivity index (χ4v) is 4.90. The van der Waals surface area contributed by atoms with Gasteiger partial charge < -0.3 is 14.4 Å². The summed E-state index contributed by atoms with van der Waals surface area (Å²) in [5.74, 6) is 1.91. The van der Waals surface area contributed by atoms with E-state index in [1.54, 1.807) is 7.11 Å². The van der Waals surface area contributed by atoms with E-state index in [1.165, 1.54) is 11.1 Å². The van der Waals surface area contributed by atoms with Crippen LogP contribution in [0.3, 0.4) is 0 Å². The molecule has 0 fully saturated rings. The third-order valence-electron chi connectivity index (χ3n) is 6.56. The van der Waals surface area contributed by atoms with Gasteiger partial charge in [0.1, 0.15) is 5.75 Å². The Morgan fingerprint density at radius 2 is 1.66 bits per heavy atom. The molecule has 0 aliphatic heterocycles. The van der Waals surface area contributed by atoms with Crippen LogP contribution in [0, 0.1) is 5.92 Å². The number of hydrogen-bond donors (Lipinski definition) is 1. The molecule has 0 radical (unpaired) electrons. The molecule has 1 atom stereocenters. The molecule has 4 nitrogen and oxygen atoms in total. The highest BCUT2D eigenvalue weighted by Gasteiger charge is 2.38. The monoisotopic (exact) mass is 425 g/mol. The molecular formula is C28H27NO3. The molecule has 3 aromatic carbocycles. The summed E-state index contributed by atoms with van der Waals surface area (Å²) in [6, 6.07) is 27.5. The van der Waals surface area contributed by atoms with Gasteiger partial charge in [0.05, 0.1) is 12.8 Å². The van der Waals surface area contributed by atoms with Crippen LogP contribution in [0.25, 0.3) is 0 Å². The zero-order valence-electron chi connectivity index (χ0n) is 18.2. The molecule has 0 saturated heterocycles. The average molecular weight is 426 g/mol. The molecule has 0 bridgehead atoms. The van der Waals surface area contributed by atoms with Gasteiger partial charge in [0.15, 0.2) is 11.4 Å². The molecule has 32 heavy (non-hydrogen) atoms. The van der Waals surface area contributed by atoms with Crippen LogP contribution in [0.5, 0.6) is 5.75 Å². The van der Waals surface area contributed by atoms with E-state index in [2.05, 4.69) is 17.3 Å². The lowest BCUT2D eigenvalue weighted by Gasteiger charge is -2.26. The van der Waals surface area contributed by atoms with Crippen LogP contribution in [0.15, 0.2) is 89.5 Å². The second-order valence-electron chi connectivity index (χ2n) is 8.54. The van der Waals surface area contributed by atoms with Gasteiger partial charge in [0, 0.05) is 6.07 Å². The number of benzene rings is 3. The number of ether oxygens (including phenoxy) is 1. The summed E-state index contributed by atoms with van der Waals surface area (Å²) >= 11 is 0. The first-order chi connectivity index (χ1) is 15.7. The summed E-state index contributed by atoms with van der Waals surface area (Å²) < 4.78 is 11.3. The van der Waals surface area contributed by atoms with E-state index < -0.39 is 5.60 Å². The van der Waals surface area contributed by atoms with Gasteiger partial charge in [0.2, 0.25) is 0 Å². The fourth-order valence-electron chi connectivity index (χ4n) is 4.90. The predicted octanol–water partition coefficient (Wildman–Crippen LogP) is 5.32. The van der Waals surface area contributed by atoms with Crippen LogP contribution in [0.1, 0.15) is 40.1 Å². The number of aliphatic hydroxyl groups is 1. The van der Waals surface area contributed by atoms with Crippen molar-refractivity contribution in [2.75, 3.05) is 7.11 Å². The molecule has 1 aliphatic carbocycles. The summed E-state index contributed by atoms with van der Waals surface area (Å²) in [4.78, 5) is 0. The van der Waals surface area contributed by atoms with E-state index in [-0.39, 0.29) is 0 Å². The van der Waals surface area contributed by atoms with E-state index in [4.69, 9.17) is 9.26 Å². The van der Waals surface area contributed by atoms with Crippen molar-refractivity contribution in [3.8, 4) is 5.75 Å². The molecule has 1 aliphatic rings. The fraction of sp³-hybridized carbons (Fsp3) is 0.250. The van der Waals surface area contributed by atoms with E-state index in [0.717, 1.165) is 48.3 Å². The van der Waals surface area contributed by atoms with Crippen molar-refractivity contribution in [1.29, 1.82) is 0 Å². The Hall–Kier alpha value is -3.37. The molecule has 1 heterocycles. The molecule has 5 rings (SSSR count). The molecule has 162 valence electrons. The zero-order valence-corrected chi connectivity index (χ0v) is 18.2. The van der Waals surface area contributed by atoms with Gasteiger partial charge in [-0.15, -0.1) is 0 Å². The number of fused-ring (bicyclic) bond motifs is 1. The highest BCUT2D eigenvalue weighted by molar-refractivity contribution is 5.44. The maximum Gasteiger partial charge on any atom is 0.177 e. The summed E-state index contributed by atoms with van der Waals surface area (Å²) in [7, 11) is 1.74. The van der Waals surface area contributed by atoms with Crippen LogP contribution in [-0.4, -0.2) is 17.4 Å². The second-order valence-corrected chi connectivity index (χ2v) is 8.54. The average Bonchev–Trinajstić information content (AvgIpc) is 3.33. The summed E-state index contributed by atoms with van der Waals surface area (Å²) in [5, 5.41) is 16.2. The molecular weight excluding hydrogens is 398 g/mol. The minimum Gasteiger partial charge on any atom is -0.496 e. The third kappa shape index (κ3) is 3.71. The zero-order chi connectivity index (χ0) is 22.0. The highest BCUT2D eigenvalue weighted by atomic mass is 16.5. The van der Waals surface area contributed by atoms with Crippen molar-refractivity contribution in [3.05, 3.63) is 119 Å². The van der Waals surface area contributed by atoms with Gasteiger partial charge in [-0.25, -0.2) is 0 Å². The lowest BCUT2D eigenvalue weighted by molar-refractivity contribution is 0.0907. The first-order valence-electron chi connectivity index (χ1n) is 11.1. The van der Waals surface area contributed by atoms with E-state index in [1.807, 2.05) is 72.8 Å². The predicted molar refractivity (Wildman–Crippen MR) is 124 cm³/mol. The Labute approximate surface area is 188 Å². The largest absolute Gasteiger partial charge is 0.496 e. The van der Waals surface area contributed by atoms with Crippen LogP contribution < -0.4 is 4.74 Å². The van der Waals surface area contributed by atoms with Crippen LogP contribution in [-0.2, 0) is 24.9 Å². The van der Waals surface area contributed by atoms with Crippen molar-refractivity contribution in [2.24, 2.45) is 5.92 Å². The quantitative estimate of drug-likeness (QED) is 0.455. The van der Waals surface area contributed by atoms with Gasteiger partial charge in [0.25, 0.3) is 0 Å². The molecule has 0 saturated carbocycles. The Bertz CT molecular complexity index is 1140. The Morgan fingerprint density at radius 1 is 0.969 bits per heavy atom. The van der Waals surface area contributed by atoms with Gasteiger partial charge in [-0.1, -0.05) is 78.0 Å². The molecule has 1 aromatic heterocycles. The molecule has 4 aromatic rings. The van der Waals surface area contributed by atoms with Crippen molar-refractivity contribution < 1.29 is 14.4 Å². The van der Waals surface area contributed by atoms with Crippen LogP contribution in [0.4, 0.5) is 0 Å². The number of nitrogens with zero attached hydrogens (tertiary/aromatic N) is 1. The van der Waals surface area contributed by atoms with Gasteiger partial charge in [-0.3, -0.25) is 0 Å². The Morgan fingerprint density at radius 3 is 2.31 bits per heavy atom. The normalized spacial score (nSPS) is 15.9. The third-order valence-corrected chi connectivity index (χ3v) is 6.56. The summed E-state index contributed by atoms with van der Waals surface area (Å²) in [6.07, 6.45) is 3.90. The first kappa shape index (κ1) is 20.5.